The van der Waals surface area contributed by atoms with Crippen molar-refractivity contribution in [1.82, 2.24) is 20.1 Å². The van der Waals surface area contributed by atoms with Crippen molar-refractivity contribution >= 4 is 5.91 Å². The zero-order valence-corrected chi connectivity index (χ0v) is 16.9. The number of nitrogens with one attached hydrogen (secondary N) is 1. The molecule has 1 amide bonds. The second-order valence-corrected chi connectivity index (χ2v) is 6.61. The van der Waals surface area contributed by atoms with E-state index in [1.54, 1.807) is 28.9 Å². The summed E-state index contributed by atoms with van der Waals surface area (Å²) in [5.74, 6) is 0.527. The van der Waals surface area contributed by atoms with E-state index in [9.17, 15) is 13.6 Å². The summed E-state index contributed by atoms with van der Waals surface area (Å²) in [4.78, 5) is 16.7. The molecule has 0 atom stereocenters. The topological polar surface area (TPSA) is 78.3 Å². The minimum Gasteiger partial charge on any atom is -0.493 e. The van der Waals surface area contributed by atoms with Crippen LogP contribution >= 0.6 is 0 Å². The monoisotopic (exact) mass is 416 g/mol. The van der Waals surface area contributed by atoms with Gasteiger partial charge in [0.2, 0.25) is 0 Å². The molecule has 0 aliphatic rings. The summed E-state index contributed by atoms with van der Waals surface area (Å²) in [6.07, 6.45) is 1.93. The molecule has 30 heavy (non-hydrogen) atoms. The molecule has 9 heteroatoms. The molecule has 1 aromatic carbocycles. The summed E-state index contributed by atoms with van der Waals surface area (Å²) >= 11 is 0. The van der Waals surface area contributed by atoms with Gasteiger partial charge < -0.3 is 14.8 Å². The van der Waals surface area contributed by atoms with Gasteiger partial charge in [-0.25, -0.2) is 9.67 Å². The van der Waals surface area contributed by atoms with Crippen LogP contribution in [0.15, 0.2) is 42.6 Å². The molecule has 0 fully saturated rings. The lowest BCUT2D eigenvalue weighted by atomic mass is 10.1. The van der Waals surface area contributed by atoms with Crippen molar-refractivity contribution in [3.8, 4) is 17.3 Å². The van der Waals surface area contributed by atoms with Gasteiger partial charge in [-0.15, -0.1) is 0 Å². The molecule has 0 spiro atoms. The van der Waals surface area contributed by atoms with Crippen molar-refractivity contribution in [1.29, 1.82) is 0 Å². The average Bonchev–Trinajstić information content (AvgIpc) is 3.06. The van der Waals surface area contributed by atoms with E-state index in [-0.39, 0.29) is 17.4 Å². The number of carbonyl (C=O) groups excluding carboxylic acids is 1. The fourth-order valence-corrected chi connectivity index (χ4v) is 2.99. The number of rotatable bonds is 8. The first-order chi connectivity index (χ1) is 14.4. The number of hydrogen-bond acceptors (Lipinski definition) is 5. The van der Waals surface area contributed by atoms with Crippen molar-refractivity contribution in [2.24, 2.45) is 0 Å². The second-order valence-electron chi connectivity index (χ2n) is 6.61. The Hall–Kier alpha value is -3.49. The van der Waals surface area contributed by atoms with E-state index in [1.807, 2.05) is 19.9 Å². The Kier molecular flexibility index (Phi) is 6.61. The molecular formula is C21H22F2N4O3. The van der Waals surface area contributed by atoms with E-state index in [4.69, 9.17) is 4.74 Å². The van der Waals surface area contributed by atoms with Gasteiger partial charge in [0.1, 0.15) is 0 Å². The zero-order chi connectivity index (χ0) is 21.7. The van der Waals surface area contributed by atoms with E-state index in [0.29, 0.717) is 24.3 Å². The first kappa shape index (κ1) is 21.2. The number of ether oxygens (including phenoxy) is 2. The molecule has 3 aromatic rings. The number of aromatic nitrogens is 3. The predicted molar refractivity (Wildman–Crippen MR) is 106 cm³/mol. The van der Waals surface area contributed by atoms with E-state index in [1.165, 1.54) is 19.4 Å². The quantitative estimate of drug-likeness (QED) is 0.608. The SMILES string of the molecule is COc1ccc(CCNC(=O)c2ccc(-n3nc(C)cc3C)nc2)cc1OC(F)F. The molecule has 2 aromatic heterocycles. The van der Waals surface area contributed by atoms with Gasteiger partial charge in [-0.1, -0.05) is 6.07 Å². The van der Waals surface area contributed by atoms with Gasteiger partial charge in [-0.05, 0) is 56.2 Å². The molecule has 7 nitrogen and oxygen atoms in total. The summed E-state index contributed by atoms with van der Waals surface area (Å²) < 4.78 is 36.2. The summed E-state index contributed by atoms with van der Waals surface area (Å²) in [5.41, 5.74) is 2.98. The van der Waals surface area contributed by atoms with Crippen molar-refractivity contribution in [2.45, 2.75) is 26.9 Å². The molecule has 3 rings (SSSR count). The molecule has 0 radical (unpaired) electrons. The third-order valence-electron chi connectivity index (χ3n) is 4.38. The average molecular weight is 416 g/mol. The maximum atomic E-state index is 12.5. The minimum absolute atomic E-state index is 0.0414. The number of carbonyl (C=O) groups is 1. The van der Waals surface area contributed by atoms with E-state index in [2.05, 4.69) is 20.1 Å². The summed E-state index contributed by atoms with van der Waals surface area (Å²) in [6.45, 7) is 1.20. The number of hydrogen-bond donors (Lipinski definition) is 1. The van der Waals surface area contributed by atoms with Gasteiger partial charge in [-0.2, -0.15) is 13.9 Å². The Bertz CT molecular complexity index is 1020. The number of methoxy groups -OCH3 is 1. The van der Waals surface area contributed by atoms with Crippen LogP contribution in [0.1, 0.15) is 27.3 Å². The lowest BCUT2D eigenvalue weighted by Crippen LogP contribution is -2.25. The van der Waals surface area contributed by atoms with E-state index in [0.717, 1.165) is 17.0 Å². The fourth-order valence-electron chi connectivity index (χ4n) is 2.99. The molecule has 0 aliphatic heterocycles. The zero-order valence-electron chi connectivity index (χ0n) is 16.9. The van der Waals surface area contributed by atoms with Crippen LogP contribution in [-0.4, -0.2) is 40.9 Å². The third kappa shape index (κ3) is 5.11. The first-order valence-corrected chi connectivity index (χ1v) is 9.27. The Balaban J connectivity index is 1.59. The molecule has 158 valence electrons. The number of benzene rings is 1. The van der Waals surface area contributed by atoms with E-state index >= 15 is 0 Å². The lowest BCUT2D eigenvalue weighted by molar-refractivity contribution is -0.0512. The van der Waals surface area contributed by atoms with Crippen LogP contribution in [0.2, 0.25) is 0 Å². The molecular weight excluding hydrogens is 394 g/mol. The number of aryl methyl sites for hydroxylation is 2. The predicted octanol–water partition coefficient (Wildman–Crippen LogP) is 3.47. The highest BCUT2D eigenvalue weighted by molar-refractivity contribution is 5.93. The highest BCUT2D eigenvalue weighted by Crippen LogP contribution is 2.29. The van der Waals surface area contributed by atoms with Gasteiger partial charge in [0.15, 0.2) is 17.3 Å². The van der Waals surface area contributed by atoms with Crippen LogP contribution in [-0.2, 0) is 6.42 Å². The Morgan fingerprint density at radius 1 is 1.17 bits per heavy atom. The van der Waals surface area contributed by atoms with Crippen LogP contribution in [0.4, 0.5) is 8.78 Å². The number of pyridine rings is 1. The van der Waals surface area contributed by atoms with Crippen molar-refractivity contribution in [3.05, 3.63) is 65.1 Å². The van der Waals surface area contributed by atoms with Crippen molar-refractivity contribution in [2.75, 3.05) is 13.7 Å². The summed E-state index contributed by atoms with van der Waals surface area (Å²) in [5, 5.41) is 7.15. The van der Waals surface area contributed by atoms with Crippen molar-refractivity contribution < 1.29 is 23.0 Å². The molecule has 2 heterocycles. The third-order valence-corrected chi connectivity index (χ3v) is 4.38. The molecule has 0 saturated carbocycles. The number of nitrogens with zero attached hydrogens (tertiary/aromatic N) is 3. The summed E-state index contributed by atoms with van der Waals surface area (Å²) in [7, 11) is 1.38. The Morgan fingerprint density at radius 3 is 2.57 bits per heavy atom. The maximum Gasteiger partial charge on any atom is 0.387 e. The molecule has 0 bridgehead atoms. The highest BCUT2D eigenvalue weighted by atomic mass is 19.3. The number of alkyl halides is 2. The lowest BCUT2D eigenvalue weighted by Gasteiger charge is -2.12. The summed E-state index contributed by atoms with van der Waals surface area (Å²) in [6, 6.07) is 10.1. The van der Waals surface area contributed by atoms with Crippen LogP contribution in [0.25, 0.3) is 5.82 Å². The van der Waals surface area contributed by atoms with E-state index < -0.39 is 6.61 Å². The fraction of sp³-hybridized carbons (Fsp3) is 0.286. The maximum absolute atomic E-state index is 12.5. The van der Waals surface area contributed by atoms with Crippen LogP contribution in [0, 0.1) is 13.8 Å². The standard InChI is InChI=1S/C21H22F2N4O3/c1-13-10-14(2)27(26-13)19-7-5-16(12-25-19)20(28)24-9-8-15-4-6-17(29-3)18(11-15)30-21(22)23/h4-7,10-12,21H,8-9H2,1-3H3,(H,24,28). The Morgan fingerprint density at radius 2 is 1.97 bits per heavy atom. The van der Waals surface area contributed by atoms with Crippen LogP contribution in [0.3, 0.4) is 0 Å². The van der Waals surface area contributed by atoms with Gasteiger partial charge in [-0.3, -0.25) is 4.79 Å². The van der Waals surface area contributed by atoms with Gasteiger partial charge in [0.05, 0.1) is 18.4 Å². The molecule has 0 unspecified atom stereocenters. The van der Waals surface area contributed by atoms with Gasteiger partial charge in [0.25, 0.3) is 5.91 Å². The minimum atomic E-state index is -2.95. The van der Waals surface area contributed by atoms with Crippen LogP contribution in [0.5, 0.6) is 11.5 Å². The molecule has 0 aliphatic carbocycles. The largest absolute Gasteiger partial charge is 0.493 e. The van der Waals surface area contributed by atoms with Gasteiger partial charge >= 0.3 is 6.61 Å². The number of amides is 1. The van der Waals surface area contributed by atoms with Crippen LogP contribution < -0.4 is 14.8 Å². The highest BCUT2D eigenvalue weighted by Gasteiger charge is 2.12. The number of halogens is 2. The normalized spacial score (nSPS) is 10.9. The Labute approximate surface area is 172 Å². The van der Waals surface area contributed by atoms with Gasteiger partial charge in [0, 0.05) is 18.4 Å². The second kappa shape index (κ2) is 9.34. The first-order valence-electron chi connectivity index (χ1n) is 9.27. The molecule has 0 saturated heterocycles. The van der Waals surface area contributed by atoms with Crippen molar-refractivity contribution in [3.63, 3.8) is 0 Å². The molecule has 1 N–H and O–H groups in total. The smallest absolute Gasteiger partial charge is 0.387 e.